The van der Waals surface area contributed by atoms with Gasteiger partial charge in [-0.15, -0.1) is 0 Å². The number of anilines is 2. The first kappa shape index (κ1) is 15.8. The summed E-state index contributed by atoms with van der Waals surface area (Å²) in [6.07, 6.45) is 4.48. The van der Waals surface area contributed by atoms with Crippen LogP contribution in [-0.4, -0.2) is 54.9 Å². The van der Waals surface area contributed by atoms with Crippen molar-refractivity contribution in [1.29, 1.82) is 0 Å². The number of methoxy groups -OCH3 is 1. The molecular weight excluding hydrogens is 270 g/mol. The highest BCUT2D eigenvalue weighted by molar-refractivity contribution is 5.36. The summed E-state index contributed by atoms with van der Waals surface area (Å²) in [4.78, 5) is 14.9. The fraction of sp³-hybridized carbons (Fsp3) is 0.786. The van der Waals surface area contributed by atoms with Crippen molar-refractivity contribution < 1.29 is 9.47 Å². The number of ether oxygens (including phenoxy) is 2. The van der Waals surface area contributed by atoms with Crippen LogP contribution in [0, 0.1) is 0 Å². The molecule has 1 N–H and O–H groups in total. The van der Waals surface area contributed by atoms with Crippen LogP contribution in [0.25, 0.3) is 0 Å². The Morgan fingerprint density at radius 3 is 2.62 bits per heavy atom. The van der Waals surface area contributed by atoms with Gasteiger partial charge >= 0.3 is 6.01 Å². The molecule has 0 spiro atoms. The minimum absolute atomic E-state index is 0.107. The van der Waals surface area contributed by atoms with E-state index in [1.165, 1.54) is 0 Å². The molecule has 0 radical (unpaired) electrons. The zero-order chi connectivity index (χ0) is 15.2. The monoisotopic (exact) mass is 295 g/mol. The average molecular weight is 295 g/mol. The van der Waals surface area contributed by atoms with Crippen LogP contribution >= 0.6 is 0 Å². The van der Waals surface area contributed by atoms with E-state index in [2.05, 4.69) is 20.3 Å². The molecule has 1 aromatic heterocycles. The zero-order valence-electron chi connectivity index (χ0n) is 13.3. The first-order chi connectivity index (χ1) is 10.1. The van der Waals surface area contributed by atoms with Crippen LogP contribution in [0.2, 0.25) is 0 Å². The van der Waals surface area contributed by atoms with E-state index in [-0.39, 0.29) is 12.2 Å². The lowest BCUT2D eigenvalue weighted by molar-refractivity contribution is 0.0179. The van der Waals surface area contributed by atoms with E-state index in [0.717, 1.165) is 32.2 Å². The maximum Gasteiger partial charge on any atom is 0.323 e. The van der Waals surface area contributed by atoms with Gasteiger partial charge in [0, 0.05) is 34.2 Å². The van der Waals surface area contributed by atoms with Crippen molar-refractivity contribution in [2.24, 2.45) is 0 Å². The lowest BCUT2D eigenvalue weighted by atomic mass is 9.95. The van der Waals surface area contributed by atoms with Gasteiger partial charge in [0.25, 0.3) is 0 Å². The van der Waals surface area contributed by atoms with Gasteiger partial charge in [0.1, 0.15) is 6.10 Å². The molecule has 7 nitrogen and oxygen atoms in total. The highest BCUT2D eigenvalue weighted by Gasteiger charge is 2.24. The molecule has 1 fully saturated rings. The summed E-state index contributed by atoms with van der Waals surface area (Å²) in [5.41, 5.74) is 0. The van der Waals surface area contributed by atoms with Gasteiger partial charge in [0.05, 0.1) is 6.10 Å². The maximum atomic E-state index is 5.96. The third kappa shape index (κ3) is 4.42. The zero-order valence-corrected chi connectivity index (χ0v) is 13.3. The number of nitrogens with one attached hydrogen (secondary N) is 1. The van der Waals surface area contributed by atoms with Crippen LogP contribution < -0.4 is 15.0 Å². The van der Waals surface area contributed by atoms with Crippen LogP contribution in [0.5, 0.6) is 6.01 Å². The Morgan fingerprint density at radius 1 is 1.19 bits per heavy atom. The smallest absolute Gasteiger partial charge is 0.323 e. The van der Waals surface area contributed by atoms with Gasteiger partial charge in [-0.25, -0.2) is 0 Å². The lowest BCUT2D eigenvalue weighted by Crippen LogP contribution is -2.30. The molecule has 2 atom stereocenters. The van der Waals surface area contributed by atoms with Gasteiger partial charge < -0.3 is 19.7 Å². The summed E-state index contributed by atoms with van der Waals surface area (Å²) >= 11 is 0. The fourth-order valence-corrected chi connectivity index (χ4v) is 2.41. The van der Waals surface area contributed by atoms with Gasteiger partial charge in [-0.1, -0.05) is 0 Å². The van der Waals surface area contributed by atoms with E-state index in [4.69, 9.17) is 9.47 Å². The molecule has 21 heavy (non-hydrogen) atoms. The van der Waals surface area contributed by atoms with Gasteiger partial charge in [0.2, 0.25) is 11.9 Å². The highest BCUT2D eigenvalue weighted by Crippen LogP contribution is 2.24. The standard InChI is InChI=1S/C14H25N5O2/c1-5-15-12-16-13(19(2)3)18-14(17-12)21-11-8-6-7-10(9-11)20-4/h10-11H,5-9H2,1-4H3,(H,15,16,17,18). The van der Waals surface area contributed by atoms with Crippen LogP contribution in [0.1, 0.15) is 32.6 Å². The van der Waals surface area contributed by atoms with Crippen molar-refractivity contribution >= 4 is 11.9 Å². The molecule has 1 aromatic rings. The first-order valence-electron chi connectivity index (χ1n) is 7.49. The minimum Gasteiger partial charge on any atom is -0.460 e. The molecule has 1 heterocycles. The normalized spacial score (nSPS) is 21.9. The number of nitrogens with zero attached hydrogens (tertiary/aromatic N) is 4. The van der Waals surface area contributed by atoms with Crippen molar-refractivity contribution in [1.82, 2.24) is 15.0 Å². The number of aromatic nitrogens is 3. The Hall–Kier alpha value is -1.63. The Labute approximate surface area is 126 Å². The highest BCUT2D eigenvalue weighted by atomic mass is 16.5. The number of rotatable bonds is 6. The van der Waals surface area contributed by atoms with Crippen molar-refractivity contribution in [3.8, 4) is 6.01 Å². The average Bonchev–Trinajstić information content (AvgIpc) is 2.47. The Balaban J connectivity index is 2.10. The maximum absolute atomic E-state index is 5.96. The topological polar surface area (TPSA) is 72.4 Å². The Kier molecular flexibility index (Phi) is 5.55. The van der Waals surface area contributed by atoms with E-state index < -0.39 is 0 Å². The van der Waals surface area contributed by atoms with Crippen molar-refractivity contribution in [2.45, 2.75) is 44.8 Å². The van der Waals surface area contributed by atoms with Crippen molar-refractivity contribution in [2.75, 3.05) is 38.0 Å². The summed E-state index contributed by atoms with van der Waals surface area (Å²) in [5.74, 6) is 1.14. The molecule has 118 valence electrons. The largest absolute Gasteiger partial charge is 0.460 e. The van der Waals surface area contributed by atoms with Crippen LogP contribution in [-0.2, 0) is 4.74 Å². The van der Waals surface area contributed by atoms with Gasteiger partial charge in [-0.3, -0.25) is 0 Å². The van der Waals surface area contributed by atoms with E-state index in [1.54, 1.807) is 7.11 Å². The summed E-state index contributed by atoms with van der Waals surface area (Å²) in [7, 11) is 5.55. The molecule has 1 aliphatic carbocycles. The third-order valence-corrected chi connectivity index (χ3v) is 3.52. The molecule has 0 aliphatic heterocycles. The predicted octanol–water partition coefficient (Wildman–Crippen LogP) is 1.71. The van der Waals surface area contributed by atoms with Crippen LogP contribution in [0.3, 0.4) is 0 Å². The SMILES string of the molecule is CCNc1nc(OC2CCCC(OC)C2)nc(N(C)C)n1. The van der Waals surface area contributed by atoms with E-state index in [0.29, 0.717) is 17.9 Å². The second kappa shape index (κ2) is 7.40. The molecule has 1 saturated carbocycles. The second-order valence-electron chi connectivity index (χ2n) is 5.43. The summed E-state index contributed by atoms with van der Waals surface area (Å²) in [6, 6.07) is 0.381. The number of hydrogen-bond acceptors (Lipinski definition) is 7. The van der Waals surface area contributed by atoms with E-state index >= 15 is 0 Å². The van der Waals surface area contributed by atoms with Crippen LogP contribution in [0.4, 0.5) is 11.9 Å². The van der Waals surface area contributed by atoms with Gasteiger partial charge in [-0.2, -0.15) is 15.0 Å². The van der Waals surface area contributed by atoms with E-state index in [1.807, 2.05) is 25.9 Å². The van der Waals surface area contributed by atoms with Gasteiger partial charge in [0.15, 0.2) is 0 Å². The number of hydrogen-bond donors (Lipinski definition) is 1. The Bertz CT molecular complexity index is 455. The molecule has 1 aliphatic rings. The van der Waals surface area contributed by atoms with Crippen molar-refractivity contribution in [3.63, 3.8) is 0 Å². The lowest BCUT2D eigenvalue weighted by Gasteiger charge is -2.28. The van der Waals surface area contributed by atoms with Gasteiger partial charge in [-0.05, 0) is 26.2 Å². The van der Waals surface area contributed by atoms with E-state index in [9.17, 15) is 0 Å². The Morgan fingerprint density at radius 2 is 1.95 bits per heavy atom. The molecule has 7 heteroatoms. The summed E-state index contributed by atoms with van der Waals surface area (Å²) in [5, 5.41) is 3.11. The van der Waals surface area contributed by atoms with Crippen molar-refractivity contribution in [3.05, 3.63) is 0 Å². The molecule has 2 rings (SSSR count). The quantitative estimate of drug-likeness (QED) is 0.856. The molecular formula is C14H25N5O2. The summed E-state index contributed by atoms with van der Waals surface area (Å²) < 4.78 is 11.4. The second-order valence-corrected chi connectivity index (χ2v) is 5.43. The minimum atomic E-state index is 0.107. The first-order valence-corrected chi connectivity index (χ1v) is 7.49. The summed E-state index contributed by atoms with van der Waals surface area (Å²) in [6.45, 7) is 2.76. The molecule has 0 saturated heterocycles. The molecule has 0 aromatic carbocycles. The molecule has 0 amide bonds. The molecule has 0 bridgehead atoms. The third-order valence-electron chi connectivity index (χ3n) is 3.52. The fourth-order valence-electron chi connectivity index (χ4n) is 2.41. The van der Waals surface area contributed by atoms with Crippen LogP contribution in [0.15, 0.2) is 0 Å². The predicted molar refractivity (Wildman–Crippen MR) is 82.0 cm³/mol. The molecule has 2 unspecified atom stereocenters.